The Hall–Kier alpha value is -2.04. The van der Waals surface area contributed by atoms with Crippen LogP contribution < -0.4 is 10.6 Å². The number of amides is 1. The molecule has 1 fully saturated rings. The van der Waals surface area contributed by atoms with E-state index >= 15 is 0 Å². The summed E-state index contributed by atoms with van der Waals surface area (Å²) >= 11 is 0. The second-order valence-electron chi connectivity index (χ2n) is 5.87. The van der Waals surface area contributed by atoms with E-state index in [0.717, 1.165) is 48.5 Å². The second kappa shape index (κ2) is 5.76. The van der Waals surface area contributed by atoms with Crippen molar-refractivity contribution in [1.29, 1.82) is 0 Å². The van der Waals surface area contributed by atoms with Crippen molar-refractivity contribution < 1.29 is 9.21 Å². The zero-order valence-electron chi connectivity index (χ0n) is 12.5. The van der Waals surface area contributed by atoms with Crippen LogP contribution in [0.1, 0.15) is 44.9 Å². The van der Waals surface area contributed by atoms with Crippen molar-refractivity contribution in [2.75, 3.05) is 11.9 Å². The van der Waals surface area contributed by atoms with Crippen LogP contribution in [0, 0.1) is 0 Å². The third-order valence-electron chi connectivity index (χ3n) is 3.77. The quantitative estimate of drug-likeness (QED) is 0.910. The highest BCUT2D eigenvalue weighted by atomic mass is 16.3. The van der Waals surface area contributed by atoms with Gasteiger partial charge in [0.1, 0.15) is 11.6 Å². The van der Waals surface area contributed by atoms with Crippen LogP contribution >= 0.6 is 0 Å². The SMILES string of the molecule is CC(C)c1nc2cc(N[C@H]3CCCCNC3=O)ccc2o1. The lowest BCUT2D eigenvalue weighted by atomic mass is 10.1. The molecular weight excluding hydrogens is 266 g/mol. The van der Waals surface area contributed by atoms with Crippen LogP contribution in [0.15, 0.2) is 22.6 Å². The summed E-state index contributed by atoms with van der Waals surface area (Å²) in [5, 5.41) is 6.24. The molecule has 0 spiro atoms. The number of carbonyl (C=O) groups is 1. The van der Waals surface area contributed by atoms with E-state index in [2.05, 4.69) is 29.5 Å². The van der Waals surface area contributed by atoms with Gasteiger partial charge in [0, 0.05) is 18.2 Å². The highest BCUT2D eigenvalue weighted by Gasteiger charge is 2.20. The Balaban J connectivity index is 1.81. The van der Waals surface area contributed by atoms with Crippen LogP contribution in [-0.2, 0) is 4.79 Å². The number of carbonyl (C=O) groups excluding carboxylic acids is 1. The molecule has 1 atom stereocenters. The van der Waals surface area contributed by atoms with E-state index in [1.165, 1.54) is 0 Å². The van der Waals surface area contributed by atoms with Gasteiger partial charge in [-0.25, -0.2) is 4.98 Å². The Kier molecular flexibility index (Phi) is 3.82. The molecular formula is C16H21N3O2. The molecule has 1 amide bonds. The van der Waals surface area contributed by atoms with Gasteiger partial charge in [-0.3, -0.25) is 4.79 Å². The maximum Gasteiger partial charge on any atom is 0.242 e. The summed E-state index contributed by atoms with van der Waals surface area (Å²) in [7, 11) is 0. The number of oxazole rings is 1. The molecule has 112 valence electrons. The highest BCUT2D eigenvalue weighted by molar-refractivity contribution is 5.86. The molecule has 0 radical (unpaired) electrons. The first-order valence-corrected chi connectivity index (χ1v) is 7.58. The fraction of sp³-hybridized carbons (Fsp3) is 0.500. The smallest absolute Gasteiger partial charge is 0.242 e. The van der Waals surface area contributed by atoms with Crippen molar-refractivity contribution in [2.45, 2.75) is 45.1 Å². The minimum Gasteiger partial charge on any atom is -0.440 e. The molecule has 1 aliphatic rings. The number of hydrogen-bond acceptors (Lipinski definition) is 4. The normalized spacial score (nSPS) is 19.6. The zero-order valence-corrected chi connectivity index (χ0v) is 12.5. The monoisotopic (exact) mass is 287 g/mol. The molecule has 1 aromatic heterocycles. The predicted molar refractivity (Wildman–Crippen MR) is 82.4 cm³/mol. The molecule has 0 aliphatic carbocycles. The van der Waals surface area contributed by atoms with Crippen LogP contribution in [-0.4, -0.2) is 23.5 Å². The summed E-state index contributed by atoms with van der Waals surface area (Å²) in [6.07, 6.45) is 2.96. The fourth-order valence-corrected chi connectivity index (χ4v) is 2.56. The first-order valence-electron chi connectivity index (χ1n) is 7.58. The number of nitrogens with one attached hydrogen (secondary N) is 2. The summed E-state index contributed by atoms with van der Waals surface area (Å²) < 4.78 is 5.70. The number of rotatable bonds is 3. The van der Waals surface area contributed by atoms with Gasteiger partial charge < -0.3 is 15.1 Å². The maximum absolute atomic E-state index is 12.0. The van der Waals surface area contributed by atoms with Gasteiger partial charge in [-0.15, -0.1) is 0 Å². The molecule has 2 heterocycles. The first kappa shape index (κ1) is 13.9. The molecule has 2 N–H and O–H groups in total. The van der Waals surface area contributed by atoms with Gasteiger partial charge in [0.2, 0.25) is 5.91 Å². The molecule has 0 unspecified atom stereocenters. The Bertz CT molecular complexity index is 648. The average molecular weight is 287 g/mol. The number of benzene rings is 1. The van der Waals surface area contributed by atoms with Crippen molar-refractivity contribution in [3.8, 4) is 0 Å². The molecule has 3 rings (SSSR count). The maximum atomic E-state index is 12.0. The van der Waals surface area contributed by atoms with Gasteiger partial charge in [0.25, 0.3) is 0 Å². The average Bonchev–Trinajstić information content (AvgIpc) is 2.78. The lowest BCUT2D eigenvalue weighted by Crippen LogP contribution is -2.37. The summed E-state index contributed by atoms with van der Waals surface area (Å²) in [5.74, 6) is 1.09. The van der Waals surface area contributed by atoms with Crippen molar-refractivity contribution in [3.05, 3.63) is 24.1 Å². The number of aromatic nitrogens is 1. The lowest BCUT2D eigenvalue weighted by molar-refractivity contribution is -0.121. The van der Waals surface area contributed by atoms with Gasteiger partial charge in [-0.1, -0.05) is 13.8 Å². The minimum atomic E-state index is -0.165. The number of fused-ring (bicyclic) bond motifs is 1. The molecule has 1 saturated heterocycles. The van der Waals surface area contributed by atoms with E-state index in [9.17, 15) is 4.79 Å². The molecule has 0 saturated carbocycles. The molecule has 5 nitrogen and oxygen atoms in total. The Morgan fingerprint density at radius 3 is 3.05 bits per heavy atom. The van der Waals surface area contributed by atoms with Crippen LogP contribution in [0.3, 0.4) is 0 Å². The van der Waals surface area contributed by atoms with Crippen LogP contribution in [0.5, 0.6) is 0 Å². The van der Waals surface area contributed by atoms with E-state index in [4.69, 9.17) is 4.42 Å². The molecule has 0 bridgehead atoms. The van der Waals surface area contributed by atoms with Crippen molar-refractivity contribution in [3.63, 3.8) is 0 Å². The Labute approximate surface area is 124 Å². The number of hydrogen-bond donors (Lipinski definition) is 2. The van der Waals surface area contributed by atoms with Crippen LogP contribution in [0.2, 0.25) is 0 Å². The molecule has 5 heteroatoms. The van der Waals surface area contributed by atoms with Crippen LogP contribution in [0.4, 0.5) is 5.69 Å². The van der Waals surface area contributed by atoms with Gasteiger partial charge in [0.05, 0.1) is 0 Å². The van der Waals surface area contributed by atoms with E-state index in [1.54, 1.807) is 0 Å². The summed E-state index contributed by atoms with van der Waals surface area (Å²) in [4.78, 5) is 16.5. The summed E-state index contributed by atoms with van der Waals surface area (Å²) in [5.41, 5.74) is 2.53. The van der Waals surface area contributed by atoms with Gasteiger partial charge in [-0.2, -0.15) is 0 Å². The lowest BCUT2D eigenvalue weighted by Gasteiger charge is -2.16. The van der Waals surface area contributed by atoms with Crippen molar-refractivity contribution in [1.82, 2.24) is 10.3 Å². The predicted octanol–water partition coefficient (Wildman–Crippen LogP) is 3.03. The van der Waals surface area contributed by atoms with Gasteiger partial charge in [0.15, 0.2) is 11.5 Å². The Morgan fingerprint density at radius 1 is 1.38 bits per heavy atom. The standard InChI is InChI=1S/C16H21N3O2/c1-10(2)16-19-13-9-11(6-7-14(13)21-16)18-12-5-3-4-8-17-15(12)20/h6-7,9-10,12,18H,3-5,8H2,1-2H3,(H,17,20)/t12-/m0/s1. The summed E-state index contributed by atoms with van der Waals surface area (Å²) in [6.45, 7) is 4.89. The largest absolute Gasteiger partial charge is 0.440 e. The molecule has 2 aromatic rings. The minimum absolute atomic E-state index is 0.0793. The number of anilines is 1. The van der Waals surface area contributed by atoms with E-state index in [1.807, 2.05) is 18.2 Å². The fourth-order valence-electron chi connectivity index (χ4n) is 2.56. The Morgan fingerprint density at radius 2 is 2.24 bits per heavy atom. The molecule has 21 heavy (non-hydrogen) atoms. The van der Waals surface area contributed by atoms with E-state index in [0.29, 0.717) is 0 Å². The third kappa shape index (κ3) is 3.01. The number of nitrogens with zero attached hydrogens (tertiary/aromatic N) is 1. The van der Waals surface area contributed by atoms with Crippen molar-refractivity contribution >= 4 is 22.7 Å². The summed E-state index contributed by atoms with van der Waals surface area (Å²) in [6, 6.07) is 5.63. The topological polar surface area (TPSA) is 67.2 Å². The second-order valence-corrected chi connectivity index (χ2v) is 5.87. The third-order valence-corrected chi connectivity index (χ3v) is 3.77. The van der Waals surface area contributed by atoms with Gasteiger partial charge in [-0.05, 0) is 37.5 Å². The van der Waals surface area contributed by atoms with E-state index in [-0.39, 0.29) is 17.9 Å². The zero-order chi connectivity index (χ0) is 14.8. The van der Waals surface area contributed by atoms with E-state index < -0.39 is 0 Å². The van der Waals surface area contributed by atoms with Crippen molar-refractivity contribution in [2.24, 2.45) is 0 Å². The van der Waals surface area contributed by atoms with Crippen LogP contribution in [0.25, 0.3) is 11.1 Å². The molecule has 1 aliphatic heterocycles. The highest BCUT2D eigenvalue weighted by Crippen LogP contribution is 2.24. The first-order chi connectivity index (χ1) is 10.1. The van der Waals surface area contributed by atoms with Gasteiger partial charge >= 0.3 is 0 Å². The molecule has 1 aromatic carbocycles.